The van der Waals surface area contributed by atoms with Gasteiger partial charge in [-0.25, -0.2) is 13.1 Å². The quantitative estimate of drug-likeness (QED) is 0.316. The molecule has 1 aliphatic rings. The van der Waals surface area contributed by atoms with E-state index in [2.05, 4.69) is 10.0 Å². The summed E-state index contributed by atoms with van der Waals surface area (Å²) in [5.74, 6) is -0.833. The van der Waals surface area contributed by atoms with Crippen molar-refractivity contribution in [2.45, 2.75) is 13.0 Å². The van der Waals surface area contributed by atoms with Gasteiger partial charge in [0.05, 0.1) is 17.4 Å². The van der Waals surface area contributed by atoms with E-state index >= 15 is 0 Å². The van der Waals surface area contributed by atoms with E-state index in [1.165, 1.54) is 0 Å². The molecule has 8 nitrogen and oxygen atoms in total. The summed E-state index contributed by atoms with van der Waals surface area (Å²) in [6, 6.07) is 15.5. The molecular weight excluding hydrogens is 452 g/mol. The number of carbonyl (C=O) groups is 2. The van der Waals surface area contributed by atoms with Crippen LogP contribution in [0.1, 0.15) is 17.5 Å². The van der Waals surface area contributed by atoms with Gasteiger partial charge in [0.2, 0.25) is 10.0 Å². The first-order valence-corrected chi connectivity index (χ1v) is 12.8. The van der Waals surface area contributed by atoms with Gasteiger partial charge >= 0.3 is 0 Å². The number of rotatable bonds is 7. The minimum absolute atomic E-state index is 0.309. The molecule has 174 valence electrons. The number of imide groups is 1. The molecule has 0 fully saturated rings. The first kappa shape index (κ1) is 22.1. The zero-order chi connectivity index (χ0) is 24.0. The molecule has 1 aliphatic heterocycles. The van der Waals surface area contributed by atoms with Gasteiger partial charge in [0.15, 0.2) is 0 Å². The molecule has 5 rings (SSSR count). The Kier molecular flexibility index (Phi) is 5.38. The fourth-order valence-electron chi connectivity index (χ4n) is 4.65. The normalized spacial score (nSPS) is 14.5. The minimum Gasteiger partial charge on any atom is -0.350 e. The van der Waals surface area contributed by atoms with Crippen molar-refractivity contribution < 1.29 is 18.0 Å². The summed E-state index contributed by atoms with van der Waals surface area (Å²) < 4.78 is 29.2. The third kappa shape index (κ3) is 3.82. The van der Waals surface area contributed by atoms with Crippen LogP contribution >= 0.6 is 0 Å². The molecule has 0 unspecified atom stereocenters. The van der Waals surface area contributed by atoms with Gasteiger partial charge in [-0.2, -0.15) is 0 Å². The first-order chi connectivity index (χ1) is 16.2. The molecule has 2 aromatic heterocycles. The van der Waals surface area contributed by atoms with Crippen LogP contribution in [0.25, 0.3) is 33.0 Å². The largest absolute Gasteiger partial charge is 0.350 e. The van der Waals surface area contributed by atoms with E-state index in [9.17, 15) is 18.0 Å². The summed E-state index contributed by atoms with van der Waals surface area (Å²) in [6.45, 7) is 0.860. The smallest absolute Gasteiger partial charge is 0.259 e. The molecule has 2 amide bonds. The van der Waals surface area contributed by atoms with Crippen molar-refractivity contribution in [3.8, 4) is 0 Å². The maximum Gasteiger partial charge on any atom is 0.259 e. The number of nitrogens with one attached hydrogen (secondary N) is 2. The zero-order valence-corrected chi connectivity index (χ0v) is 19.6. The Bertz CT molecular complexity index is 1610. The number of fused-ring (bicyclic) bond motifs is 2. The van der Waals surface area contributed by atoms with Crippen molar-refractivity contribution in [1.82, 2.24) is 19.2 Å². The highest BCUT2D eigenvalue weighted by Crippen LogP contribution is 2.38. The average molecular weight is 477 g/mol. The lowest BCUT2D eigenvalue weighted by molar-refractivity contribution is -0.122. The number of hydrogen-bond acceptors (Lipinski definition) is 4. The van der Waals surface area contributed by atoms with E-state index in [0.717, 1.165) is 28.1 Å². The third-order valence-electron chi connectivity index (χ3n) is 6.10. The molecule has 34 heavy (non-hydrogen) atoms. The second-order valence-electron chi connectivity index (χ2n) is 8.48. The van der Waals surface area contributed by atoms with Crippen LogP contribution in [0.4, 0.5) is 0 Å². The van der Waals surface area contributed by atoms with Gasteiger partial charge in [-0.15, -0.1) is 0 Å². The lowest BCUT2D eigenvalue weighted by atomic mass is 9.95. The average Bonchev–Trinajstić information content (AvgIpc) is 3.41. The molecule has 2 aromatic carbocycles. The molecule has 0 atom stereocenters. The lowest BCUT2D eigenvalue weighted by Crippen LogP contribution is -2.23. The van der Waals surface area contributed by atoms with Crippen LogP contribution in [0, 0.1) is 0 Å². The van der Waals surface area contributed by atoms with Crippen LogP contribution in [-0.4, -0.2) is 42.2 Å². The van der Waals surface area contributed by atoms with Gasteiger partial charge < -0.3 is 9.13 Å². The van der Waals surface area contributed by atoms with Crippen LogP contribution in [0.15, 0.2) is 60.9 Å². The number of sulfonamides is 1. The summed E-state index contributed by atoms with van der Waals surface area (Å²) in [7, 11) is -1.34. The monoisotopic (exact) mass is 476 g/mol. The maximum absolute atomic E-state index is 13.1. The van der Waals surface area contributed by atoms with Gasteiger partial charge in [0.25, 0.3) is 11.8 Å². The summed E-state index contributed by atoms with van der Waals surface area (Å²) in [6.07, 6.45) is 5.47. The fraction of sp³-hybridized carbons (Fsp3) is 0.200. The van der Waals surface area contributed by atoms with Gasteiger partial charge in [-0.1, -0.05) is 36.4 Å². The molecule has 0 radical (unpaired) electrons. The summed E-state index contributed by atoms with van der Waals surface area (Å²) in [5, 5.41) is 4.24. The lowest BCUT2D eigenvalue weighted by Gasteiger charge is -2.05. The van der Waals surface area contributed by atoms with E-state index in [0.29, 0.717) is 41.8 Å². The Morgan fingerprint density at radius 2 is 1.41 bits per heavy atom. The molecule has 0 saturated heterocycles. The second kappa shape index (κ2) is 8.27. The van der Waals surface area contributed by atoms with Gasteiger partial charge in [0, 0.05) is 65.5 Å². The second-order valence-corrected chi connectivity index (χ2v) is 10.3. The van der Waals surface area contributed by atoms with Gasteiger partial charge in [-0.05, 0) is 18.6 Å². The van der Waals surface area contributed by atoms with Crippen molar-refractivity contribution in [2.75, 3.05) is 12.8 Å². The van der Waals surface area contributed by atoms with Crippen molar-refractivity contribution in [1.29, 1.82) is 0 Å². The molecule has 2 N–H and O–H groups in total. The molecule has 9 heteroatoms. The Balaban J connectivity index is 1.65. The molecule has 4 aromatic rings. The maximum atomic E-state index is 13.1. The Morgan fingerprint density at radius 1 is 0.853 bits per heavy atom. The molecule has 3 heterocycles. The van der Waals surface area contributed by atoms with E-state index in [-0.39, 0.29) is 0 Å². The topological polar surface area (TPSA) is 102 Å². The third-order valence-corrected chi connectivity index (χ3v) is 6.82. The van der Waals surface area contributed by atoms with Crippen molar-refractivity contribution >= 4 is 54.8 Å². The van der Waals surface area contributed by atoms with Crippen molar-refractivity contribution in [2.24, 2.45) is 7.05 Å². The standard InChI is InChI=1S/C25H24N4O4S/c1-28-14-18(16-8-3-5-10-20(16)28)22-23(25(31)27-24(22)30)19-15-29(13-7-12-26-34(2,32)33)21-11-6-4-9-17(19)21/h3-6,8-11,14-15,26H,7,12-13H2,1-2H3,(H,27,30,31). The van der Waals surface area contributed by atoms with Crippen LogP contribution < -0.4 is 10.0 Å². The Morgan fingerprint density at radius 3 is 2.06 bits per heavy atom. The molecule has 0 aliphatic carbocycles. The van der Waals surface area contributed by atoms with Crippen LogP contribution in [0.2, 0.25) is 0 Å². The highest BCUT2D eigenvalue weighted by Gasteiger charge is 2.35. The van der Waals surface area contributed by atoms with Gasteiger partial charge in [0.1, 0.15) is 0 Å². The predicted molar refractivity (Wildman–Crippen MR) is 132 cm³/mol. The number of carbonyl (C=O) groups excluding carboxylic acids is 2. The Hall–Kier alpha value is -3.69. The van der Waals surface area contributed by atoms with E-state index < -0.39 is 21.8 Å². The van der Waals surface area contributed by atoms with E-state index in [4.69, 9.17) is 0 Å². The molecular formula is C25H24N4O4S. The number of hydrogen-bond donors (Lipinski definition) is 2. The fourth-order valence-corrected chi connectivity index (χ4v) is 5.16. The number of benzene rings is 2. The van der Waals surface area contributed by atoms with Gasteiger partial charge in [-0.3, -0.25) is 14.9 Å². The zero-order valence-electron chi connectivity index (χ0n) is 18.8. The molecule has 0 spiro atoms. The van der Waals surface area contributed by atoms with E-state index in [1.54, 1.807) is 0 Å². The number of para-hydroxylation sites is 2. The highest BCUT2D eigenvalue weighted by molar-refractivity contribution is 7.88. The number of amides is 2. The summed E-state index contributed by atoms with van der Waals surface area (Å²) in [4.78, 5) is 26.1. The van der Waals surface area contributed by atoms with E-state index in [1.807, 2.05) is 77.1 Å². The molecule has 0 saturated carbocycles. The number of aromatic nitrogens is 2. The van der Waals surface area contributed by atoms with Crippen LogP contribution in [0.3, 0.4) is 0 Å². The highest BCUT2D eigenvalue weighted by atomic mass is 32.2. The predicted octanol–water partition coefficient (Wildman–Crippen LogP) is 2.64. The summed E-state index contributed by atoms with van der Waals surface area (Å²) >= 11 is 0. The number of aryl methyl sites for hydroxylation is 2. The Labute approximate surface area is 196 Å². The van der Waals surface area contributed by atoms with Crippen molar-refractivity contribution in [3.63, 3.8) is 0 Å². The molecule has 0 bridgehead atoms. The van der Waals surface area contributed by atoms with Crippen LogP contribution in [0.5, 0.6) is 0 Å². The van der Waals surface area contributed by atoms with Crippen molar-refractivity contribution in [3.05, 3.63) is 72.1 Å². The van der Waals surface area contributed by atoms with Crippen LogP contribution in [-0.2, 0) is 33.2 Å². The number of nitrogens with zero attached hydrogens (tertiary/aromatic N) is 2. The minimum atomic E-state index is -3.26. The SMILES string of the molecule is Cn1cc(C2=C(c3cn(CCCNS(C)(=O)=O)c4ccccc34)C(=O)NC2=O)c2ccccc21. The summed E-state index contributed by atoms with van der Waals surface area (Å²) in [5.41, 5.74) is 3.99. The first-order valence-electron chi connectivity index (χ1n) is 10.9.